The van der Waals surface area contributed by atoms with E-state index in [0.717, 1.165) is 24.1 Å². The third-order valence-corrected chi connectivity index (χ3v) is 4.34. The number of nitrogens with one attached hydrogen (secondary N) is 1. The molecule has 0 saturated carbocycles. The molecule has 0 fully saturated rings. The summed E-state index contributed by atoms with van der Waals surface area (Å²) in [5.41, 5.74) is 8.22. The Morgan fingerprint density at radius 3 is 2.52 bits per heavy atom. The van der Waals surface area contributed by atoms with E-state index in [2.05, 4.69) is 5.32 Å². The van der Waals surface area contributed by atoms with Gasteiger partial charge in [-0.2, -0.15) is 0 Å². The fourth-order valence-electron chi connectivity index (χ4n) is 2.37. The minimum atomic E-state index is -0.587. The Labute approximate surface area is 147 Å². The molecule has 5 heteroatoms. The lowest BCUT2D eigenvalue weighted by Gasteiger charge is -2.19. The Morgan fingerprint density at radius 2 is 1.83 bits per heavy atom. The highest BCUT2D eigenvalue weighted by atomic mass is 35.5. The zero-order chi connectivity index (χ0) is 16.7. The second-order valence-corrected chi connectivity index (χ2v) is 6.45. The van der Waals surface area contributed by atoms with Gasteiger partial charge in [-0.1, -0.05) is 59.6 Å². The molecule has 0 heterocycles. The molecular formula is C18H22Cl2N2O. The van der Waals surface area contributed by atoms with Crippen LogP contribution in [-0.4, -0.2) is 30.3 Å². The van der Waals surface area contributed by atoms with Crippen molar-refractivity contribution in [2.75, 3.05) is 13.1 Å². The van der Waals surface area contributed by atoms with Gasteiger partial charge in [0.15, 0.2) is 0 Å². The highest BCUT2D eigenvalue weighted by Crippen LogP contribution is 2.21. The van der Waals surface area contributed by atoms with E-state index in [9.17, 15) is 5.11 Å². The third kappa shape index (κ3) is 6.13. The van der Waals surface area contributed by atoms with Gasteiger partial charge in [-0.05, 0) is 42.6 Å². The lowest BCUT2D eigenvalue weighted by Crippen LogP contribution is -2.43. The number of hydrogen-bond acceptors (Lipinski definition) is 3. The first-order valence-electron chi connectivity index (χ1n) is 7.68. The molecule has 0 bridgehead atoms. The van der Waals surface area contributed by atoms with Crippen molar-refractivity contribution >= 4 is 23.2 Å². The molecule has 0 aromatic heterocycles. The van der Waals surface area contributed by atoms with Gasteiger partial charge in [-0.15, -0.1) is 0 Å². The molecule has 0 saturated heterocycles. The van der Waals surface area contributed by atoms with Gasteiger partial charge >= 0.3 is 0 Å². The molecule has 2 aromatic rings. The van der Waals surface area contributed by atoms with Gasteiger partial charge in [0.05, 0.1) is 6.10 Å². The first-order chi connectivity index (χ1) is 11.1. The molecule has 0 aliphatic rings. The predicted molar refractivity (Wildman–Crippen MR) is 97.2 cm³/mol. The molecule has 0 amide bonds. The van der Waals surface area contributed by atoms with Crippen molar-refractivity contribution in [1.29, 1.82) is 0 Å². The average Bonchev–Trinajstić information content (AvgIpc) is 2.54. The second kappa shape index (κ2) is 9.26. The minimum absolute atomic E-state index is 0.288. The van der Waals surface area contributed by atoms with Crippen molar-refractivity contribution < 1.29 is 5.11 Å². The van der Waals surface area contributed by atoms with Gasteiger partial charge in [-0.3, -0.25) is 0 Å². The van der Waals surface area contributed by atoms with Gasteiger partial charge in [0.2, 0.25) is 0 Å². The lowest BCUT2D eigenvalue weighted by molar-refractivity contribution is 0.142. The van der Waals surface area contributed by atoms with E-state index < -0.39 is 6.10 Å². The summed E-state index contributed by atoms with van der Waals surface area (Å²) in [6.45, 7) is 1.18. The smallest absolute Gasteiger partial charge is 0.0818 e. The summed E-state index contributed by atoms with van der Waals surface area (Å²) in [6, 6.07) is 15.1. The van der Waals surface area contributed by atoms with Crippen LogP contribution >= 0.6 is 23.2 Å². The minimum Gasteiger partial charge on any atom is -0.390 e. The van der Waals surface area contributed by atoms with Crippen LogP contribution in [0.25, 0.3) is 0 Å². The number of nitrogens with two attached hydrogens (primary N) is 1. The quantitative estimate of drug-likeness (QED) is 0.640. The molecule has 0 radical (unpaired) electrons. The maximum Gasteiger partial charge on any atom is 0.0818 e. The van der Waals surface area contributed by atoms with Crippen LogP contribution in [0.2, 0.25) is 10.0 Å². The number of benzene rings is 2. The van der Waals surface area contributed by atoms with Gasteiger partial charge in [-0.25, -0.2) is 0 Å². The van der Waals surface area contributed by atoms with Crippen LogP contribution in [0.5, 0.6) is 0 Å². The van der Waals surface area contributed by atoms with E-state index in [-0.39, 0.29) is 6.04 Å². The predicted octanol–water partition coefficient (Wildman–Crippen LogP) is 3.06. The van der Waals surface area contributed by atoms with E-state index in [0.29, 0.717) is 23.0 Å². The highest BCUT2D eigenvalue weighted by Gasteiger charge is 2.14. The van der Waals surface area contributed by atoms with E-state index >= 15 is 0 Å². The number of hydrogen-bond donors (Lipinski definition) is 3. The number of aliphatic hydroxyl groups is 1. The van der Waals surface area contributed by atoms with Crippen LogP contribution in [0.15, 0.2) is 48.5 Å². The summed E-state index contributed by atoms with van der Waals surface area (Å²) >= 11 is 12.0. The number of rotatable bonds is 8. The van der Waals surface area contributed by atoms with Crippen LogP contribution in [0.4, 0.5) is 0 Å². The van der Waals surface area contributed by atoms with Crippen molar-refractivity contribution in [3.63, 3.8) is 0 Å². The molecule has 2 atom stereocenters. The SMILES string of the molecule is N[C@@H](Cc1ccccc1)[C@H](O)CNCCc1ccc(Cl)cc1Cl. The molecule has 0 aliphatic carbocycles. The van der Waals surface area contributed by atoms with Crippen molar-refractivity contribution in [3.8, 4) is 0 Å². The maximum absolute atomic E-state index is 10.1. The molecule has 23 heavy (non-hydrogen) atoms. The summed E-state index contributed by atoms with van der Waals surface area (Å²) in [5.74, 6) is 0. The summed E-state index contributed by atoms with van der Waals surface area (Å²) in [7, 11) is 0. The summed E-state index contributed by atoms with van der Waals surface area (Å²) in [5, 5.41) is 14.7. The molecule has 0 spiro atoms. The fourth-order valence-corrected chi connectivity index (χ4v) is 2.87. The van der Waals surface area contributed by atoms with Gasteiger partial charge in [0.25, 0.3) is 0 Å². The largest absolute Gasteiger partial charge is 0.390 e. The van der Waals surface area contributed by atoms with Gasteiger partial charge in [0.1, 0.15) is 0 Å². The standard InChI is InChI=1S/C18H22Cl2N2O/c19-15-7-6-14(16(20)11-15)8-9-22-12-18(23)17(21)10-13-4-2-1-3-5-13/h1-7,11,17-18,22-23H,8-10,12,21H2/t17-,18+/m0/s1. The monoisotopic (exact) mass is 352 g/mol. The topological polar surface area (TPSA) is 58.3 Å². The summed E-state index contributed by atoms with van der Waals surface area (Å²) in [4.78, 5) is 0. The highest BCUT2D eigenvalue weighted by molar-refractivity contribution is 6.35. The van der Waals surface area contributed by atoms with Crippen molar-refractivity contribution in [2.45, 2.75) is 25.0 Å². The molecule has 4 N–H and O–H groups in total. The van der Waals surface area contributed by atoms with E-state index in [1.807, 2.05) is 42.5 Å². The van der Waals surface area contributed by atoms with E-state index in [1.54, 1.807) is 6.07 Å². The van der Waals surface area contributed by atoms with Gasteiger partial charge in [0, 0.05) is 22.6 Å². The fraction of sp³-hybridized carbons (Fsp3) is 0.333. The normalized spacial score (nSPS) is 13.7. The Hall–Kier alpha value is -1.10. The number of halogens is 2. The van der Waals surface area contributed by atoms with E-state index in [4.69, 9.17) is 28.9 Å². The molecule has 124 valence electrons. The van der Waals surface area contributed by atoms with Crippen molar-refractivity contribution in [2.24, 2.45) is 5.73 Å². The maximum atomic E-state index is 10.1. The molecule has 0 unspecified atom stereocenters. The first-order valence-corrected chi connectivity index (χ1v) is 8.44. The van der Waals surface area contributed by atoms with Crippen LogP contribution in [0, 0.1) is 0 Å². The summed E-state index contributed by atoms with van der Waals surface area (Å²) in [6.07, 6.45) is 0.847. The molecule has 0 aliphatic heterocycles. The van der Waals surface area contributed by atoms with Gasteiger partial charge < -0.3 is 16.2 Å². The lowest BCUT2D eigenvalue weighted by atomic mass is 10.0. The number of aliphatic hydroxyl groups excluding tert-OH is 1. The Balaban J connectivity index is 1.71. The van der Waals surface area contributed by atoms with Crippen LogP contribution in [0.3, 0.4) is 0 Å². The zero-order valence-electron chi connectivity index (χ0n) is 12.9. The Kier molecular flexibility index (Phi) is 7.34. The molecular weight excluding hydrogens is 331 g/mol. The Morgan fingerprint density at radius 1 is 1.09 bits per heavy atom. The Bertz CT molecular complexity index is 607. The van der Waals surface area contributed by atoms with Crippen LogP contribution < -0.4 is 11.1 Å². The summed E-state index contributed by atoms with van der Waals surface area (Å²) < 4.78 is 0. The van der Waals surface area contributed by atoms with Crippen LogP contribution in [0.1, 0.15) is 11.1 Å². The molecule has 2 aromatic carbocycles. The average molecular weight is 353 g/mol. The first kappa shape index (κ1) is 18.2. The van der Waals surface area contributed by atoms with Crippen molar-refractivity contribution in [1.82, 2.24) is 5.32 Å². The van der Waals surface area contributed by atoms with Crippen molar-refractivity contribution in [3.05, 3.63) is 69.7 Å². The molecule has 2 rings (SSSR count). The zero-order valence-corrected chi connectivity index (χ0v) is 14.4. The van der Waals surface area contributed by atoms with E-state index in [1.165, 1.54) is 0 Å². The molecule has 3 nitrogen and oxygen atoms in total. The second-order valence-electron chi connectivity index (χ2n) is 5.61. The van der Waals surface area contributed by atoms with Crippen LogP contribution in [-0.2, 0) is 12.8 Å². The third-order valence-electron chi connectivity index (χ3n) is 3.75.